The van der Waals surface area contributed by atoms with Crippen molar-refractivity contribution in [3.63, 3.8) is 0 Å². The molecule has 47 heavy (non-hydrogen) atoms. The van der Waals surface area contributed by atoms with Crippen molar-refractivity contribution in [2.45, 2.75) is 37.5 Å². The molecule has 0 amide bonds. The van der Waals surface area contributed by atoms with Crippen LogP contribution in [0.15, 0.2) is 121 Å². The maximum Gasteiger partial charge on any atom is 0.160 e. The van der Waals surface area contributed by atoms with Crippen LogP contribution < -0.4 is 0 Å². The Balaban J connectivity index is 1.12. The molecule has 0 aliphatic heterocycles. The van der Waals surface area contributed by atoms with Gasteiger partial charge in [0.1, 0.15) is 0 Å². The fraction of sp³-hybridized carbons (Fsp3) is 0.227. The number of aromatic nitrogens is 2. The maximum absolute atomic E-state index is 5.16. The summed E-state index contributed by atoms with van der Waals surface area (Å²) in [4.78, 5) is 10.3. The second kappa shape index (κ2) is 9.71. The van der Waals surface area contributed by atoms with E-state index in [1.807, 2.05) is 11.3 Å². The third-order valence-corrected chi connectivity index (χ3v) is 13.5. The van der Waals surface area contributed by atoms with Gasteiger partial charge in [0.15, 0.2) is 5.82 Å². The van der Waals surface area contributed by atoms with Crippen LogP contribution in [0.3, 0.4) is 0 Å². The van der Waals surface area contributed by atoms with Crippen LogP contribution in [-0.4, -0.2) is 9.97 Å². The highest BCUT2D eigenvalue weighted by Gasteiger charge is 2.62. The number of rotatable bonds is 3. The number of thiophene rings is 1. The van der Waals surface area contributed by atoms with Gasteiger partial charge in [0.05, 0.1) is 11.4 Å². The highest BCUT2D eigenvalue weighted by atomic mass is 32.1. The van der Waals surface area contributed by atoms with E-state index >= 15 is 0 Å². The minimum Gasteiger partial charge on any atom is -0.228 e. The van der Waals surface area contributed by atoms with Crippen LogP contribution in [0.1, 0.15) is 43.2 Å². The zero-order chi connectivity index (χ0) is 30.7. The minimum absolute atomic E-state index is 0.167. The monoisotopic (exact) mass is 622 g/mol. The molecule has 4 fully saturated rings. The molecule has 3 heteroatoms. The molecule has 2 aromatic heterocycles. The average molecular weight is 623 g/mol. The van der Waals surface area contributed by atoms with Crippen molar-refractivity contribution in [1.29, 1.82) is 0 Å². The molecule has 0 saturated heterocycles. The molecule has 5 aliphatic rings. The Hall–Kier alpha value is -4.60. The second-order valence-corrected chi connectivity index (χ2v) is 15.6. The van der Waals surface area contributed by atoms with Gasteiger partial charge in [-0.25, -0.2) is 9.97 Å². The summed E-state index contributed by atoms with van der Waals surface area (Å²) in [5.41, 5.74) is 11.6. The third kappa shape index (κ3) is 3.67. The lowest BCUT2D eigenvalue weighted by Gasteiger charge is -2.61. The van der Waals surface area contributed by atoms with Crippen LogP contribution in [0.2, 0.25) is 0 Å². The van der Waals surface area contributed by atoms with E-state index in [9.17, 15) is 0 Å². The standard InChI is InChI=1S/C44H34N2S/c1-3-9-28(10-4-1)38-25-39(29-11-5-2-6-12-29)46-43(45-38)30-15-16-34-36-18-17-35-33-13-7-8-14-37(33)44(41(35)42(36)47-40(34)24-30)31-20-26-19-27(22-31)23-32(44)21-26/h1-18,24-27,31-32H,19-23H2. The van der Waals surface area contributed by atoms with Crippen LogP contribution >= 0.6 is 11.3 Å². The predicted octanol–water partition coefficient (Wildman–Crippen LogP) is 11.6. The van der Waals surface area contributed by atoms with Crippen molar-refractivity contribution in [1.82, 2.24) is 9.97 Å². The molecule has 0 N–H and O–H groups in total. The van der Waals surface area contributed by atoms with Gasteiger partial charge in [-0.3, -0.25) is 0 Å². The lowest BCUT2D eigenvalue weighted by atomic mass is 9.43. The minimum atomic E-state index is 0.167. The summed E-state index contributed by atoms with van der Waals surface area (Å²) in [6, 6.07) is 44.4. The Labute approximate surface area is 279 Å². The van der Waals surface area contributed by atoms with Gasteiger partial charge in [0, 0.05) is 42.3 Å². The normalized spacial score (nSPS) is 25.1. The first kappa shape index (κ1) is 26.5. The van der Waals surface area contributed by atoms with E-state index in [2.05, 4.69) is 121 Å². The molecule has 12 rings (SSSR count). The van der Waals surface area contributed by atoms with Crippen LogP contribution in [0.5, 0.6) is 0 Å². The van der Waals surface area contributed by atoms with Gasteiger partial charge in [0.2, 0.25) is 0 Å². The summed E-state index contributed by atoms with van der Waals surface area (Å²) in [7, 11) is 0. The highest BCUT2D eigenvalue weighted by Crippen LogP contribution is 2.70. The topological polar surface area (TPSA) is 25.8 Å². The van der Waals surface area contributed by atoms with Gasteiger partial charge >= 0.3 is 0 Å². The Morgan fingerprint density at radius 3 is 1.83 bits per heavy atom. The van der Waals surface area contributed by atoms with Crippen LogP contribution in [0.4, 0.5) is 0 Å². The number of benzene rings is 5. The Kier molecular flexibility index (Phi) is 5.47. The van der Waals surface area contributed by atoms with E-state index in [0.717, 1.165) is 57.6 Å². The molecule has 2 nitrogen and oxygen atoms in total. The van der Waals surface area contributed by atoms with Gasteiger partial charge in [-0.1, -0.05) is 109 Å². The molecular weight excluding hydrogens is 589 g/mol. The summed E-state index contributed by atoms with van der Waals surface area (Å²) >= 11 is 2.01. The molecule has 7 aromatic rings. The van der Waals surface area contributed by atoms with Gasteiger partial charge in [-0.2, -0.15) is 0 Å². The van der Waals surface area contributed by atoms with Gasteiger partial charge in [-0.05, 0) is 90.2 Å². The molecule has 5 aliphatic carbocycles. The lowest BCUT2D eigenvalue weighted by molar-refractivity contribution is -0.0393. The Bertz CT molecular complexity index is 2280. The molecule has 0 unspecified atom stereocenters. The molecule has 226 valence electrons. The summed E-state index contributed by atoms with van der Waals surface area (Å²) in [6.07, 6.45) is 7.11. The molecule has 0 atom stereocenters. The van der Waals surface area contributed by atoms with Crippen molar-refractivity contribution >= 4 is 31.5 Å². The van der Waals surface area contributed by atoms with Gasteiger partial charge in [0.25, 0.3) is 0 Å². The Morgan fingerprint density at radius 2 is 1.15 bits per heavy atom. The maximum atomic E-state index is 5.16. The molecule has 5 aromatic carbocycles. The quantitative estimate of drug-likeness (QED) is 0.196. The van der Waals surface area contributed by atoms with Crippen molar-refractivity contribution < 1.29 is 0 Å². The van der Waals surface area contributed by atoms with Gasteiger partial charge in [-0.15, -0.1) is 11.3 Å². The predicted molar refractivity (Wildman–Crippen MR) is 194 cm³/mol. The average Bonchev–Trinajstić information content (AvgIpc) is 3.64. The third-order valence-electron chi connectivity index (χ3n) is 12.3. The van der Waals surface area contributed by atoms with Crippen molar-refractivity contribution in [2.24, 2.45) is 23.7 Å². The van der Waals surface area contributed by atoms with E-state index in [1.54, 1.807) is 11.1 Å². The lowest BCUT2D eigenvalue weighted by Crippen LogP contribution is -2.55. The van der Waals surface area contributed by atoms with Crippen molar-refractivity contribution in [3.8, 4) is 45.0 Å². The molecule has 1 spiro atoms. The van der Waals surface area contributed by atoms with Crippen LogP contribution in [0, 0.1) is 23.7 Å². The smallest absolute Gasteiger partial charge is 0.160 e. The van der Waals surface area contributed by atoms with E-state index < -0.39 is 0 Å². The summed E-state index contributed by atoms with van der Waals surface area (Å²) in [5.74, 6) is 4.18. The zero-order valence-electron chi connectivity index (χ0n) is 26.2. The SMILES string of the molecule is c1ccc(-c2cc(-c3ccccc3)nc(-c3ccc4c(c3)sc3c5c(ccc34)-c3ccccc3C53C4CC5CC(C4)CC3C5)n2)cc1. The van der Waals surface area contributed by atoms with E-state index in [-0.39, 0.29) is 5.41 Å². The number of hydrogen-bond donors (Lipinski definition) is 0. The first-order chi connectivity index (χ1) is 23.2. The van der Waals surface area contributed by atoms with Crippen LogP contribution in [-0.2, 0) is 5.41 Å². The molecule has 0 radical (unpaired) electrons. The van der Waals surface area contributed by atoms with E-state index in [4.69, 9.17) is 9.97 Å². The first-order valence-corrected chi connectivity index (χ1v) is 18.2. The van der Waals surface area contributed by atoms with Crippen LogP contribution in [0.25, 0.3) is 65.2 Å². The number of hydrogen-bond acceptors (Lipinski definition) is 3. The highest BCUT2D eigenvalue weighted by molar-refractivity contribution is 7.26. The van der Waals surface area contributed by atoms with Crippen molar-refractivity contribution in [2.75, 3.05) is 0 Å². The molecule has 4 saturated carbocycles. The summed E-state index contributed by atoms with van der Waals surface area (Å²) < 4.78 is 2.85. The number of nitrogens with zero attached hydrogens (tertiary/aromatic N) is 2. The second-order valence-electron chi connectivity index (χ2n) is 14.6. The fourth-order valence-electron chi connectivity index (χ4n) is 10.7. The first-order valence-electron chi connectivity index (χ1n) is 17.3. The van der Waals surface area contributed by atoms with Gasteiger partial charge < -0.3 is 0 Å². The van der Waals surface area contributed by atoms with E-state index in [1.165, 1.54) is 63.4 Å². The van der Waals surface area contributed by atoms with E-state index in [0.29, 0.717) is 0 Å². The summed E-state index contributed by atoms with van der Waals surface area (Å²) in [6.45, 7) is 0. The number of fused-ring (bicyclic) bond motifs is 7. The molecule has 2 heterocycles. The van der Waals surface area contributed by atoms with Crippen molar-refractivity contribution in [3.05, 3.63) is 132 Å². The fourth-order valence-corrected chi connectivity index (χ4v) is 12.1. The largest absolute Gasteiger partial charge is 0.228 e. The molecular formula is C44H34N2S. The molecule has 4 bridgehead atoms. The Morgan fingerprint density at radius 1 is 0.532 bits per heavy atom. The zero-order valence-corrected chi connectivity index (χ0v) is 27.0. The summed E-state index contributed by atoms with van der Waals surface area (Å²) in [5, 5.41) is 2.77.